The first-order valence-corrected chi connectivity index (χ1v) is 8.44. The van der Waals surface area contributed by atoms with Crippen molar-refractivity contribution in [3.05, 3.63) is 23.4 Å². The first-order chi connectivity index (χ1) is 9.41. The van der Waals surface area contributed by atoms with Gasteiger partial charge in [-0.05, 0) is 44.5 Å². The van der Waals surface area contributed by atoms with E-state index in [-0.39, 0.29) is 0 Å². The van der Waals surface area contributed by atoms with Gasteiger partial charge in [-0.2, -0.15) is 11.8 Å². The third-order valence-electron chi connectivity index (χ3n) is 3.61. The Morgan fingerprint density at radius 2 is 2.15 bits per heavy atom. The molecule has 112 valence electrons. The second kappa shape index (κ2) is 6.35. The fraction of sp³-hybridized carbons (Fsp3) is 0.688. The van der Waals surface area contributed by atoms with Crippen LogP contribution in [0.15, 0.2) is 12.1 Å². The Bertz CT molecular complexity index is 457. The SMILES string of the molecule is CNCc1cc(C(C)C)nc(N2CCSC(C)(C)C2)c1. The van der Waals surface area contributed by atoms with Crippen LogP contribution in [0.5, 0.6) is 0 Å². The van der Waals surface area contributed by atoms with Crippen LogP contribution >= 0.6 is 11.8 Å². The van der Waals surface area contributed by atoms with Crippen LogP contribution < -0.4 is 10.2 Å². The summed E-state index contributed by atoms with van der Waals surface area (Å²) >= 11 is 2.06. The summed E-state index contributed by atoms with van der Waals surface area (Å²) in [5.41, 5.74) is 2.53. The highest BCUT2D eigenvalue weighted by atomic mass is 32.2. The molecule has 1 aliphatic rings. The van der Waals surface area contributed by atoms with E-state index in [1.807, 2.05) is 7.05 Å². The molecule has 0 radical (unpaired) electrons. The van der Waals surface area contributed by atoms with Crippen LogP contribution in [-0.2, 0) is 6.54 Å². The minimum atomic E-state index is 0.316. The second-order valence-electron chi connectivity index (χ2n) is 6.47. The molecule has 0 aromatic carbocycles. The van der Waals surface area contributed by atoms with Crippen molar-refractivity contribution in [2.24, 2.45) is 0 Å². The number of hydrogen-bond donors (Lipinski definition) is 1. The Morgan fingerprint density at radius 3 is 2.75 bits per heavy atom. The van der Waals surface area contributed by atoms with Gasteiger partial charge in [-0.1, -0.05) is 13.8 Å². The van der Waals surface area contributed by atoms with Gasteiger partial charge in [-0.25, -0.2) is 4.98 Å². The fourth-order valence-electron chi connectivity index (χ4n) is 2.57. The average Bonchev–Trinajstić information content (AvgIpc) is 2.37. The van der Waals surface area contributed by atoms with Gasteiger partial charge in [0.15, 0.2) is 0 Å². The van der Waals surface area contributed by atoms with Crippen LogP contribution in [0.25, 0.3) is 0 Å². The fourth-order valence-corrected chi connectivity index (χ4v) is 3.68. The van der Waals surface area contributed by atoms with Crippen molar-refractivity contribution in [3.63, 3.8) is 0 Å². The Morgan fingerprint density at radius 1 is 1.40 bits per heavy atom. The highest BCUT2D eigenvalue weighted by Crippen LogP contribution is 2.32. The molecule has 1 aliphatic heterocycles. The van der Waals surface area contributed by atoms with Crippen LogP contribution in [-0.4, -0.2) is 35.6 Å². The monoisotopic (exact) mass is 293 g/mol. The average molecular weight is 293 g/mol. The molecular weight excluding hydrogens is 266 g/mol. The van der Waals surface area contributed by atoms with E-state index in [4.69, 9.17) is 4.98 Å². The van der Waals surface area contributed by atoms with E-state index in [0.717, 1.165) is 25.5 Å². The van der Waals surface area contributed by atoms with Crippen molar-refractivity contribution in [1.29, 1.82) is 0 Å². The molecule has 0 unspecified atom stereocenters. The predicted octanol–water partition coefficient (Wildman–Crippen LogP) is 3.26. The highest BCUT2D eigenvalue weighted by Gasteiger charge is 2.28. The number of anilines is 1. The highest BCUT2D eigenvalue weighted by molar-refractivity contribution is 8.00. The number of rotatable bonds is 4. The maximum Gasteiger partial charge on any atom is 0.129 e. The van der Waals surface area contributed by atoms with Gasteiger partial charge in [-0.3, -0.25) is 0 Å². The van der Waals surface area contributed by atoms with Crippen molar-refractivity contribution in [1.82, 2.24) is 10.3 Å². The summed E-state index contributed by atoms with van der Waals surface area (Å²) in [7, 11) is 2.00. The summed E-state index contributed by atoms with van der Waals surface area (Å²) in [4.78, 5) is 7.34. The third kappa shape index (κ3) is 3.89. The Kier molecular flexibility index (Phi) is 4.97. The van der Waals surface area contributed by atoms with Gasteiger partial charge in [0, 0.05) is 35.8 Å². The number of pyridine rings is 1. The Hall–Kier alpha value is -0.740. The van der Waals surface area contributed by atoms with E-state index in [0.29, 0.717) is 10.7 Å². The van der Waals surface area contributed by atoms with Gasteiger partial charge < -0.3 is 10.2 Å². The van der Waals surface area contributed by atoms with Gasteiger partial charge in [0.1, 0.15) is 5.82 Å². The lowest BCUT2D eigenvalue weighted by Crippen LogP contribution is -2.43. The molecular formula is C16H27N3S. The zero-order chi connectivity index (χ0) is 14.8. The lowest BCUT2D eigenvalue weighted by Gasteiger charge is -2.38. The molecule has 3 nitrogen and oxygen atoms in total. The zero-order valence-electron chi connectivity index (χ0n) is 13.4. The first-order valence-electron chi connectivity index (χ1n) is 7.45. The molecule has 1 N–H and O–H groups in total. The van der Waals surface area contributed by atoms with Crippen molar-refractivity contribution >= 4 is 17.6 Å². The number of thioether (sulfide) groups is 1. The van der Waals surface area contributed by atoms with Gasteiger partial charge in [0.2, 0.25) is 0 Å². The molecule has 0 saturated carbocycles. The smallest absolute Gasteiger partial charge is 0.129 e. The van der Waals surface area contributed by atoms with E-state index in [2.05, 4.69) is 61.8 Å². The molecule has 0 bridgehead atoms. The maximum atomic E-state index is 4.89. The minimum Gasteiger partial charge on any atom is -0.354 e. The zero-order valence-corrected chi connectivity index (χ0v) is 14.2. The molecule has 2 heterocycles. The van der Waals surface area contributed by atoms with E-state index in [9.17, 15) is 0 Å². The molecule has 2 rings (SSSR count). The van der Waals surface area contributed by atoms with Gasteiger partial charge in [0.05, 0.1) is 0 Å². The van der Waals surface area contributed by atoms with Crippen molar-refractivity contribution in [2.75, 3.05) is 30.8 Å². The third-order valence-corrected chi connectivity index (χ3v) is 4.91. The molecule has 20 heavy (non-hydrogen) atoms. The van der Waals surface area contributed by atoms with Crippen molar-refractivity contribution in [2.45, 2.75) is 44.9 Å². The van der Waals surface area contributed by atoms with E-state index >= 15 is 0 Å². The molecule has 1 saturated heterocycles. The number of nitrogens with one attached hydrogen (secondary N) is 1. The normalized spacial score (nSPS) is 18.6. The quantitative estimate of drug-likeness (QED) is 0.922. The van der Waals surface area contributed by atoms with Crippen molar-refractivity contribution in [3.8, 4) is 0 Å². The van der Waals surface area contributed by atoms with E-state index in [1.54, 1.807) is 0 Å². The first kappa shape index (κ1) is 15.6. The number of aromatic nitrogens is 1. The van der Waals surface area contributed by atoms with Gasteiger partial charge >= 0.3 is 0 Å². The van der Waals surface area contributed by atoms with Crippen molar-refractivity contribution < 1.29 is 0 Å². The van der Waals surface area contributed by atoms with Crippen LogP contribution in [0.4, 0.5) is 5.82 Å². The lowest BCUT2D eigenvalue weighted by molar-refractivity contribution is 0.639. The van der Waals surface area contributed by atoms with Crippen LogP contribution in [0, 0.1) is 0 Å². The molecule has 1 aromatic rings. The minimum absolute atomic E-state index is 0.316. The summed E-state index contributed by atoms with van der Waals surface area (Å²) in [6, 6.07) is 4.48. The summed E-state index contributed by atoms with van der Waals surface area (Å²) in [6.07, 6.45) is 0. The topological polar surface area (TPSA) is 28.2 Å². The number of nitrogens with zero attached hydrogens (tertiary/aromatic N) is 2. The van der Waals surface area contributed by atoms with Crippen LogP contribution in [0.1, 0.15) is 44.9 Å². The summed E-state index contributed by atoms with van der Waals surface area (Å²) < 4.78 is 0.316. The molecule has 1 aromatic heterocycles. The summed E-state index contributed by atoms with van der Waals surface area (Å²) in [5.74, 6) is 2.80. The lowest BCUT2D eigenvalue weighted by atomic mass is 10.1. The number of hydrogen-bond acceptors (Lipinski definition) is 4. The molecule has 0 aliphatic carbocycles. The van der Waals surface area contributed by atoms with Crippen LogP contribution in [0.3, 0.4) is 0 Å². The molecule has 0 atom stereocenters. The molecule has 0 spiro atoms. The Labute approximate surface area is 127 Å². The maximum absolute atomic E-state index is 4.89. The predicted molar refractivity (Wildman–Crippen MR) is 89.8 cm³/mol. The largest absolute Gasteiger partial charge is 0.354 e. The molecule has 0 amide bonds. The van der Waals surface area contributed by atoms with Gasteiger partial charge in [-0.15, -0.1) is 0 Å². The summed E-state index contributed by atoms with van der Waals surface area (Å²) in [6.45, 7) is 12.2. The van der Waals surface area contributed by atoms with E-state index < -0.39 is 0 Å². The Balaban J connectivity index is 2.29. The standard InChI is InChI=1S/C16H27N3S/c1-12(2)14-8-13(10-17-5)9-15(18-14)19-6-7-20-16(3,4)11-19/h8-9,12,17H,6-7,10-11H2,1-5H3. The second-order valence-corrected chi connectivity index (χ2v) is 8.28. The molecule has 1 fully saturated rings. The van der Waals surface area contributed by atoms with Gasteiger partial charge in [0.25, 0.3) is 0 Å². The van der Waals surface area contributed by atoms with Crippen LogP contribution in [0.2, 0.25) is 0 Å². The summed E-state index contributed by atoms with van der Waals surface area (Å²) in [5, 5.41) is 3.25. The van der Waals surface area contributed by atoms with E-state index in [1.165, 1.54) is 17.0 Å². The molecule has 4 heteroatoms.